The number of benzene rings is 2. The summed E-state index contributed by atoms with van der Waals surface area (Å²) in [6, 6.07) is 17.7. The zero-order chi connectivity index (χ0) is 13.7. The van der Waals surface area contributed by atoms with Crippen LogP contribution in [0.1, 0.15) is 0 Å². The maximum Gasteiger partial charge on any atom is 0.351 e. The standard InChI is InChI=1S/C14H13N3O2/c1-16(15-19)14(18)17(12-8-4-2-5-9-12)13-10-6-3-7-11-13/h2-11H,1H3. The molecule has 19 heavy (non-hydrogen) atoms. The molecule has 0 N–H and O–H groups in total. The van der Waals surface area contributed by atoms with Crippen LogP contribution in [0, 0.1) is 4.91 Å². The number of rotatable bonds is 3. The number of carbonyl (C=O) groups is 1. The number of hydrogen-bond acceptors (Lipinski definition) is 3. The van der Waals surface area contributed by atoms with E-state index in [2.05, 4.69) is 5.29 Å². The molecule has 5 nitrogen and oxygen atoms in total. The summed E-state index contributed by atoms with van der Waals surface area (Å²) in [6.45, 7) is 0. The van der Waals surface area contributed by atoms with Gasteiger partial charge in [-0.1, -0.05) is 36.4 Å². The molecule has 0 aliphatic rings. The topological polar surface area (TPSA) is 53.0 Å². The normalized spacial score (nSPS) is 9.74. The van der Waals surface area contributed by atoms with Crippen molar-refractivity contribution in [2.45, 2.75) is 0 Å². The van der Waals surface area contributed by atoms with Gasteiger partial charge in [0.05, 0.1) is 16.7 Å². The van der Waals surface area contributed by atoms with Gasteiger partial charge in [-0.15, -0.1) is 4.91 Å². The van der Waals surface area contributed by atoms with E-state index in [1.165, 1.54) is 11.9 Å². The lowest BCUT2D eigenvalue weighted by atomic mass is 10.2. The summed E-state index contributed by atoms with van der Waals surface area (Å²) < 4.78 is 0. The SMILES string of the molecule is CN(N=O)C(=O)N(c1ccccc1)c1ccccc1. The molecule has 2 aromatic carbocycles. The van der Waals surface area contributed by atoms with E-state index < -0.39 is 6.03 Å². The van der Waals surface area contributed by atoms with Gasteiger partial charge >= 0.3 is 6.03 Å². The average molecular weight is 255 g/mol. The van der Waals surface area contributed by atoms with E-state index in [-0.39, 0.29) is 0 Å². The maximum atomic E-state index is 12.2. The van der Waals surface area contributed by atoms with Gasteiger partial charge in [-0.3, -0.25) is 4.90 Å². The van der Waals surface area contributed by atoms with Gasteiger partial charge in [-0.25, -0.2) is 4.79 Å². The molecule has 0 fully saturated rings. The van der Waals surface area contributed by atoms with Crippen molar-refractivity contribution in [1.29, 1.82) is 0 Å². The number of nitroso groups, excluding NO2 is 1. The average Bonchev–Trinajstić information content (AvgIpc) is 2.49. The molecule has 5 heteroatoms. The van der Waals surface area contributed by atoms with Crippen molar-refractivity contribution in [1.82, 2.24) is 5.01 Å². The van der Waals surface area contributed by atoms with Crippen molar-refractivity contribution in [2.24, 2.45) is 5.29 Å². The van der Waals surface area contributed by atoms with Crippen LogP contribution in [0.25, 0.3) is 0 Å². The Morgan fingerprint density at radius 1 is 0.895 bits per heavy atom. The van der Waals surface area contributed by atoms with Gasteiger partial charge in [0.2, 0.25) is 0 Å². The molecule has 0 bridgehead atoms. The van der Waals surface area contributed by atoms with Crippen LogP contribution < -0.4 is 4.90 Å². The number of anilines is 2. The Kier molecular flexibility index (Phi) is 3.87. The molecule has 0 radical (unpaired) electrons. The predicted octanol–water partition coefficient (Wildman–Crippen LogP) is 3.56. The first-order valence-corrected chi connectivity index (χ1v) is 5.75. The minimum absolute atomic E-state index is 0.507. The van der Waals surface area contributed by atoms with Gasteiger partial charge in [0.1, 0.15) is 0 Å². The number of carbonyl (C=O) groups excluding carboxylic acids is 1. The third-order valence-corrected chi connectivity index (χ3v) is 2.62. The Morgan fingerprint density at radius 3 is 1.68 bits per heavy atom. The molecule has 0 saturated carbocycles. The smallest absolute Gasteiger partial charge is 0.261 e. The Labute approximate surface area is 111 Å². The van der Waals surface area contributed by atoms with Crippen molar-refractivity contribution in [3.05, 3.63) is 65.6 Å². The summed E-state index contributed by atoms with van der Waals surface area (Å²) >= 11 is 0. The molecule has 2 amide bonds. The second-order valence-electron chi connectivity index (χ2n) is 3.89. The molecule has 0 aliphatic carbocycles. The molecule has 2 rings (SSSR count). The van der Waals surface area contributed by atoms with E-state index in [0.29, 0.717) is 11.4 Å². The van der Waals surface area contributed by atoms with Crippen molar-refractivity contribution < 1.29 is 4.79 Å². The van der Waals surface area contributed by atoms with Crippen LogP contribution in [0.5, 0.6) is 0 Å². The maximum absolute atomic E-state index is 12.2. The number of para-hydroxylation sites is 2. The number of amides is 2. The molecule has 0 unspecified atom stereocenters. The van der Waals surface area contributed by atoms with Gasteiger partial charge in [0.25, 0.3) is 0 Å². The Morgan fingerprint density at radius 2 is 1.32 bits per heavy atom. The molecule has 0 atom stereocenters. The summed E-state index contributed by atoms with van der Waals surface area (Å²) in [7, 11) is 1.33. The van der Waals surface area contributed by atoms with Crippen molar-refractivity contribution >= 4 is 17.4 Å². The summed E-state index contributed by atoms with van der Waals surface area (Å²) in [5.41, 5.74) is 1.35. The lowest BCUT2D eigenvalue weighted by molar-refractivity contribution is 0.219. The molecule has 0 heterocycles. The van der Waals surface area contributed by atoms with Crippen molar-refractivity contribution in [2.75, 3.05) is 11.9 Å². The van der Waals surface area contributed by atoms with E-state index in [1.807, 2.05) is 36.4 Å². The molecule has 0 saturated heterocycles. The first-order valence-electron chi connectivity index (χ1n) is 5.75. The monoisotopic (exact) mass is 255 g/mol. The van der Waals surface area contributed by atoms with Gasteiger partial charge in [-0.05, 0) is 24.3 Å². The Hall–Kier alpha value is -2.69. The van der Waals surface area contributed by atoms with E-state index >= 15 is 0 Å². The molecule has 0 aliphatic heterocycles. The van der Waals surface area contributed by atoms with Gasteiger partial charge in [0.15, 0.2) is 0 Å². The highest BCUT2D eigenvalue weighted by Crippen LogP contribution is 2.26. The summed E-state index contributed by atoms with van der Waals surface area (Å²) in [4.78, 5) is 24.2. The number of hydrogen-bond donors (Lipinski definition) is 0. The van der Waals surface area contributed by atoms with Crippen LogP contribution in [0.15, 0.2) is 65.9 Å². The van der Waals surface area contributed by atoms with E-state index in [9.17, 15) is 9.70 Å². The largest absolute Gasteiger partial charge is 0.351 e. The summed E-state index contributed by atoms with van der Waals surface area (Å²) in [5, 5.41) is 3.42. The summed E-state index contributed by atoms with van der Waals surface area (Å²) in [5.74, 6) is 0. The minimum Gasteiger partial charge on any atom is -0.261 e. The zero-order valence-electron chi connectivity index (χ0n) is 10.4. The third-order valence-electron chi connectivity index (χ3n) is 2.62. The highest BCUT2D eigenvalue weighted by Gasteiger charge is 2.21. The van der Waals surface area contributed by atoms with Crippen LogP contribution in [-0.2, 0) is 0 Å². The fourth-order valence-corrected chi connectivity index (χ4v) is 1.70. The highest BCUT2D eigenvalue weighted by atomic mass is 16.3. The van der Waals surface area contributed by atoms with Gasteiger partial charge in [-0.2, -0.15) is 5.01 Å². The van der Waals surface area contributed by atoms with Crippen LogP contribution in [0.4, 0.5) is 16.2 Å². The van der Waals surface area contributed by atoms with E-state index in [1.54, 1.807) is 24.3 Å². The first-order chi connectivity index (χ1) is 9.24. The Balaban J connectivity index is 2.46. The first kappa shape index (κ1) is 12.8. The highest BCUT2D eigenvalue weighted by molar-refractivity contribution is 5.99. The Bertz CT molecular complexity index is 518. The zero-order valence-corrected chi connectivity index (χ0v) is 10.4. The van der Waals surface area contributed by atoms with Crippen molar-refractivity contribution in [3.63, 3.8) is 0 Å². The van der Waals surface area contributed by atoms with Crippen LogP contribution in [-0.4, -0.2) is 18.1 Å². The fourth-order valence-electron chi connectivity index (χ4n) is 1.70. The van der Waals surface area contributed by atoms with E-state index in [0.717, 1.165) is 5.01 Å². The van der Waals surface area contributed by atoms with E-state index in [4.69, 9.17) is 0 Å². The predicted molar refractivity (Wildman–Crippen MR) is 74.0 cm³/mol. The molecule has 2 aromatic rings. The lowest BCUT2D eigenvalue weighted by Gasteiger charge is -2.24. The molecular weight excluding hydrogens is 242 g/mol. The van der Waals surface area contributed by atoms with Crippen LogP contribution >= 0.6 is 0 Å². The molecule has 0 spiro atoms. The van der Waals surface area contributed by atoms with Gasteiger partial charge < -0.3 is 0 Å². The lowest BCUT2D eigenvalue weighted by Crippen LogP contribution is -2.35. The van der Waals surface area contributed by atoms with Crippen LogP contribution in [0.3, 0.4) is 0 Å². The second-order valence-corrected chi connectivity index (χ2v) is 3.89. The molecule has 96 valence electrons. The second kappa shape index (κ2) is 5.77. The van der Waals surface area contributed by atoms with Crippen LogP contribution in [0.2, 0.25) is 0 Å². The van der Waals surface area contributed by atoms with Gasteiger partial charge in [0, 0.05) is 7.05 Å². The van der Waals surface area contributed by atoms with Crippen molar-refractivity contribution in [3.8, 4) is 0 Å². The number of nitrogens with zero attached hydrogens (tertiary/aromatic N) is 3. The third kappa shape index (κ3) is 2.77. The minimum atomic E-state index is -0.507. The number of urea groups is 1. The fraction of sp³-hybridized carbons (Fsp3) is 0.0714. The molecule has 0 aromatic heterocycles. The summed E-state index contributed by atoms with van der Waals surface area (Å²) in [6.07, 6.45) is 0. The quantitative estimate of drug-likeness (QED) is 0.622. The molecular formula is C14H13N3O2.